The van der Waals surface area contributed by atoms with Gasteiger partial charge in [-0.15, -0.1) is 0 Å². The first-order chi connectivity index (χ1) is 14.5. The van der Waals surface area contributed by atoms with Crippen LogP contribution in [0, 0.1) is 0 Å². The number of para-hydroxylation sites is 1. The van der Waals surface area contributed by atoms with Crippen molar-refractivity contribution in [3.63, 3.8) is 0 Å². The number of benzene rings is 2. The van der Waals surface area contributed by atoms with Crippen LogP contribution in [0.25, 0.3) is 16.5 Å². The molecule has 0 aliphatic carbocycles. The molecule has 0 saturated carbocycles. The largest absolute Gasteiger partial charge is 0.497 e. The number of ether oxygens (including phenoxy) is 2. The Morgan fingerprint density at radius 2 is 1.97 bits per heavy atom. The van der Waals surface area contributed by atoms with Gasteiger partial charge in [0.2, 0.25) is 5.91 Å². The van der Waals surface area contributed by atoms with Gasteiger partial charge in [-0.1, -0.05) is 18.2 Å². The van der Waals surface area contributed by atoms with Crippen LogP contribution in [0.1, 0.15) is 25.5 Å². The van der Waals surface area contributed by atoms with E-state index in [0.29, 0.717) is 40.5 Å². The number of carboxylic acid groups (broad SMARTS) is 1. The number of hydrogen-bond donors (Lipinski definition) is 2. The lowest BCUT2D eigenvalue weighted by atomic mass is 10.2. The van der Waals surface area contributed by atoms with Crippen LogP contribution in [0.5, 0.6) is 11.5 Å². The molecule has 0 unspecified atom stereocenters. The van der Waals surface area contributed by atoms with Crippen molar-refractivity contribution < 1.29 is 28.6 Å². The summed E-state index contributed by atoms with van der Waals surface area (Å²) in [6.45, 7) is 2.06. The zero-order valence-corrected chi connectivity index (χ0v) is 16.8. The van der Waals surface area contributed by atoms with E-state index >= 15 is 0 Å². The topological polar surface area (TPSA) is 98.0 Å². The summed E-state index contributed by atoms with van der Waals surface area (Å²) in [5.74, 6) is 0.600. The summed E-state index contributed by atoms with van der Waals surface area (Å²) in [5.41, 5.74) is 1.84. The minimum atomic E-state index is -0.856. The predicted molar refractivity (Wildman–Crippen MR) is 114 cm³/mol. The van der Waals surface area contributed by atoms with Gasteiger partial charge in [0.05, 0.1) is 13.7 Å². The molecule has 0 aliphatic rings. The lowest BCUT2D eigenvalue weighted by Crippen LogP contribution is -2.08. The molecule has 0 spiro atoms. The maximum atomic E-state index is 12.4. The molecule has 3 aromatic rings. The lowest BCUT2D eigenvalue weighted by molar-refractivity contribution is -0.137. The summed E-state index contributed by atoms with van der Waals surface area (Å²) in [6, 6.07) is 14.4. The van der Waals surface area contributed by atoms with Crippen molar-refractivity contribution in [2.45, 2.75) is 19.8 Å². The Balaban J connectivity index is 1.72. The summed E-state index contributed by atoms with van der Waals surface area (Å²) < 4.78 is 16.7. The van der Waals surface area contributed by atoms with E-state index in [9.17, 15) is 9.59 Å². The second kappa shape index (κ2) is 9.65. The summed E-state index contributed by atoms with van der Waals surface area (Å²) in [6.07, 6.45) is 1.91. The molecule has 1 heterocycles. The molecule has 30 heavy (non-hydrogen) atoms. The molecule has 0 bridgehead atoms. The second-order valence-electron chi connectivity index (χ2n) is 6.68. The lowest BCUT2D eigenvalue weighted by Gasteiger charge is -2.06. The summed E-state index contributed by atoms with van der Waals surface area (Å²) in [7, 11) is 1.57. The zero-order chi connectivity index (χ0) is 21.5. The van der Waals surface area contributed by atoms with Gasteiger partial charge in [0, 0.05) is 29.6 Å². The van der Waals surface area contributed by atoms with Crippen LogP contribution < -0.4 is 14.8 Å². The fourth-order valence-corrected chi connectivity index (χ4v) is 2.90. The van der Waals surface area contributed by atoms with Crippen LogP contribution >= 0.6 is 0 Å². The molecule has 0 saturated heterocycles. The Labute approximate surface area is 173 Å². The number of nitrogens with one attached hydrogen (secondary N) is 1. The van der Waals surface area contributed by atoms with Crippen molar-refractivity contribution in [3.8, 4) is 11.5 Å². The highest BCUT2D eigenvalue weighted by molar-refractivity contribution is 6.04. The van der Waals surface area contributed by atoms with Gasteiger partial charge < -0.3 is 24.3 Å². The fourth-order valence-electron chi connectivity index (χ4n) is 2.90. The number of furan rings is 1. The van der Waals surface area contributed by atoms with E-state index in [1.54, 1.807) is 44.4 Å². The van der Waals surface area contributed by atoms with E-state index in [1.807, 2.05) is 18.2 Å². The van der Waals surface area contributed by atoms with Crippen molar-refractivity contribution in [2.24, 2.45) is 0 Å². The quantitative estimate of drug-likeness (QED) is 0.392. The van der Waals surface area contributed by atoms with Gasteiger partial charge in [0.25, 0.3) is 0 Å². The molecule has 7 heteroatoms. The number of amides is 1. The van der Waals surface area contributed by atoms with E-state index in [1.165, 1.54) is 6.08 Å². The van der Waals surface area contributed by atoms with Gasteiger partial charge in [-0.25, -0.2) is 0 Å². The molecule has 2 aromatic carbocycles. The van der Waals surface area contributed by atoms with E-state index < -0.39 is 5.97 Å². The molecule has 156 valence electrons. The van der Waals surface area contributed by atoms with Crippen molar-refractivity contribution in [2.75, 3.05) is 19.0 Å². The van der Waals surface area contributed by atoms with Gasteiger partial charge in [-0.2, -0.15) is 0 Å². The highest BCUT2D eigenvalue weighted by atomic mass is 16.5. The summed E-state index contributed by atoms with van der Waals surface area (Å²) in [5, 5.41) is 12.4. The van der Waals surface area contributed by atoms with Crippen molar-refractivity contribution in [1.82, 2.24) is 0 Å². The van der Waals surface area contributed by atoms with E-state index in [0.717, 1.165) is 5.39 Å². The molecule has 1 aromatic heterocycles. The van der Waals surface area contributed by atoms with E-state index in [4.69, 9.17) is 19.0 Å². The molecular weight excluding hydrogens is 386 g/mol. The molecule has 0 radical (unpaired) electrons. The number of allylic oxidation sites excluding steroid dienone is 1. The predicted octanol–water partition coefficient (Wildman–Crippen LogP) is 4.73. The third kappa shape index (κ3) is 5.41. The summed E-state index contributed by atoms with van der Waals surface area (Å²) >= 11 is 0. The first kappa shape index (κ1) is 21.0. The number of aliphatic carboxylic acids is 1. The number of carbonyl (C=O) groups excluding carboxylic acids is 1. The Hall–Kier alpha value is -3.74. The standard InChI is InChI=1S/C23H23NO6/c1-15(12-21(25)24-17-7-4-8-18(14-17)28-2)20-13-16-6-3-9-19(23(16)30-20)29-11-5-10-22(26)27/h3-4,6-9,12-14H,5,10-11H2,1-2H3,(H,24,25)(H,26,27). The number of fused-ring (bicyclic) bond motifs is 1. The molecule has 0 aliphatic heterocycles. The zero-order valence-electron chi connectivity index (χ0n) is 16.8. The van der Waals surface area contributed by atoms with Gasteiger partial charge in [-0.05, 0) is 43.2 Å². The van der Waals surface area contributed by atoms with Gasteiger partial charge in [0.1, 0.15) is 11.5 Å². The van der Waals surface area contributed by atoms with Crippen molar-refractivity contribution >= 4 is 34.1 Å². The van der Waals surface area contributed by atoms with Gasteiger partial charge >= 0.3 is 5.97 Å². The number of carbonyl (C=O) groups is 2. The number of hydrogen-bond acceptors (Lipinski definition) is 5. The smallest absolute Gasteiger partial charge is 0.303 e. The Kier molecular flexibility index (Phi) is 6.75. The average molecular weight is 409 g/mol. The molecule has 2 N–H and O–H groups in total. The number of anilines is 1. The number of methoxy groups -OCH3 is 1. The SMILES string of the molecule is COc1cccc(NC(=O)C=C(C)c2cc3cccc(OCCCC(=O)O)c3o2)c1. The minimum Gasteiger partial charge on any atom is -0.497 e. The van der Waals surface area contributed by atoms with Crippen LogP contribution in [0.15, 0.2) is 59.0 Å². The fraction of sp³-hybridized carbons (Fsp3) is 0.217. The third-order valence-corrected chi connectivity index (χ3v) is 4.37. The normalized spacial score (nSPS) is 11.3. The van der Waals surface area contributed by atoms with Crippen LogP contribution in [-0.2, 0) is 9.59 Å². The Morgan fingerprint density at radius 1 is 1.17 bits per heavy atom. The summed E-state index contributed by atoms with van der Waals surface area (Å²) in [4.78, 5) is 23.0. The molecule has 0 fully saturated rings. The Morgan fingerprint density at radius 3 is 2.73 bits per heavy atom. The molecule has 7 nitrogen and oxygen atoms in total. The number of rotatable bonds is 9. The Bertz CT molecular complexity index is 1080. The van der Waals surface area contributed by atoms with E-state index in [-0.39, 0.29) is 18.9 Å². The number of carboxylic acids is 1. The average Bonchev–Trinajstić information content (AvgIpc) is 3.16. The van der Waals surface area contributed by atoms with Crippen LogP contribution in [0.2, 0.25) is 0 Å². The monoisotopic (exact) mass is 409 g/mol. The van der Waals surface area contributed by atoms with Gasteiger partial charge in [-0.3, -0.25) is 9.59 Å². The third-order valence-electron chi connectivity index (χ3n) is 4.37. The maximum Gasteiger partial charge on any atom is 0.303 e. The van der Waals surface area contributed by atoms with Crippen LogP contribution in [0.4, 0.5) is 5.69 Å². The maximum absolute atomic E-state index is 12.4. The molecule has 3 rings (SSSR count). The van der Waals surface area contributed by atoms with Crippen molar-refractivity contribution in [1.29, 1.82) is 0 Å². The second-order valence-corrected chi connectivity index (χ2v) is 6.68. The first-order valence-electron chi connectivity index (χ1n) is 9.47. The van der Waals surface area contributed by atoms with Crippen LogP contribution in [0.3, 0.4) is 0 Å². The molecule has 1 amide bonds. The molecule has 0 atom stereocenters. The highest BCUT2D eigenvalue weighted by Crippen LogP contribution is 2.31. The van der Waals surface area contributed by atoms with Gasteiger partial charge in [0.15, 0.2) is 11.3 Å². The van der Waals surface area contributed by atoms with Crippen molar-refractivity contribution in [3.05, 3.63) is 60.4 Å². The first-order valence-corrected chi connectivity index (χ1v) is 9.47. The van der Waals surface area contributed by atoms with E-state index in [2.05, 4.69) is 5.32 Å². The minimum absolute atomic E-state index is 0.0453. The molecular formula is C23H23NO6. The highest BCUT2D eigenvalue weighted by Gasteiger charge is 2.12. The van der Waals surface area contributed by atoms with Crippen LogP contribution in [-0.4, -0.2) is 30.7 Å².